The minimum absolute atomic E-state index is 0. The zero-order chi connectivity index (χ0) is 8.43. The van der Waals surface area contributed by atoms with E-state index in [0.29, 0.717) is 19.0 Å². The van der Waals surface area contributed by atoms with Gasteiger partial charge >= 0.3 is 6.09 Å². The van der Waals surface area contributed by atoms with E-state index in [2.05, 4.69) is 0 Å². The number of amides is 1. The van der Waals surface area contributed by atoms with Gasteiger partial charge in [0.2, 0.25) is 0 Å². The summed E-state index contributed by atoms with van der Waals surface area (Å²) >= 11 is 0. The summed E-state index contributed by atoms with van der Waals surface area (Å²) < 4.78 is 0. The van der Waals surface area contributed by atoms with E-state index in [1.807, 2.05) is 6.92 Å². The molecule has 1 heterocycles. The predicted molar refractivity (Wildman–Crippen MR) is 48.6 cm³/mol. The van der Waals surface area contributed by atoms with Gasteiger partial charge < -0.3 is 15.7 Å². The maximum absolute atomic E-state index is 10.5. The zero-order valence-electron chi connectivity index (χ0n) is 7.06. The highest BCUT2D eigenvalue weighted by Gasteiger charge is 2.25. The van der Waals surface area contributed by atoms with E-state index in [9.17, 15) is 4.79 Å². The fourth-order valence-electron chi connectivity index (χ4n) is 1.34. The van der Waals surface area contributed by atoms with E-state index >= 15 is 0 Å². The summed E-state index contributed by atoms with van der Waals surface area (Å²) in [7, 11) is 0. The Labute approximate surface area is 78.1 Å². The van der Waals surface area contributed by atoms with Crippen molar-refractivity contribution in [2.45, 2.75) is 19.4 Å². The van der Waals surface area contributed by atoms with Gasteiger partial charge in [0, 0.05) is 19.1 Å². The lowest BCUT2D eigenvalue weighted by Crippen LogP contribution is -2.47. The summed E-state index contributed by atoms with van der Waals surface area (Å²) in [5, 5.41) is 8.63. The molecule has 0 aromatic heterocycles. The number of rotatable bonds is 0. The minimum Gasteiger partial charge on any atom is -0.465 e. The first kappa shape index (κ1) is 11.5. The number of hydrogen-bond acceptors (Lipinski definition) is 2. The van der Waals surface area contributed by atoms with Gasteiger partial charge in [-0.05, 0) is 12.3 Å². The van der Waals surface area contributed by atoms with Gasteiger partial charge in [-0.3, -0.25) is 0 Å². The summed E-state index contributed by atoms with van der Waals surface area (Å²) in [6, 6.07) is 0.172. The molecule has 0 bridgehead atoms. The maximum Gasteiger partial charge on any atom is 0.407 e. The lowest BCUT2D eigenvalue weighted by Gasteiger charge is -2.33. The standard InChI is InChI=1S/C7H14N2O2.ClH/c1-5-4-9(7(10)11)3-2-6(5)8;/h5-6H,2-4,8H2,1H3,(H,10,11);1H/t5-,6-;/m1./s1. The van der Waals surface area contributed by atoms with Crippen LogP contribution >= 0.6 is 12.4 Å². The zero-order valence-corrected chi connectivity index (χ0v) is 7.88. The van der Waals surface area contributed by atoms with Crippen molar-refractivity contribution in [3.05, 3.63) is 0 Å². The predicted octanol–water partition coefficient (Wildman–Crippen LogP) is 0.755. The molecule has 1 amide bonds. The second-order valence-corrected chi connectivity index (χ2v) is 3.16. The van der Waals surface area contributed by atoms with E-state index in [1.54, 1.807) is 0 Å². The minimum atomic E-state index is -0.830. The smallest absolute Gasteiger partial charge is 0.407 e. The van der Waals surface area contributed by atoms with E-state index in [4.69, 9.17) is 10.8 Å². The summed E-state index contributed by atoms with van der Waals surface area (Å²) in [5.74, 6) is 0.292. The van der Waals surface area contributed by atoms with Crippen molar-refractivity contribution in [2.24, 2.45) is 11.7 Å². The molecule has 1 saturated heterocycles. The fourth-order valence-corrected chi connectivity index (χ4v) is 1.34. The number of carboxylic acid groups (broad SMARTS) is 1. The highest BCUT2D eigenvalue weighted by atomic mass is 35.5. The number of nitrogens with zero attached hydrogens (tertiary/aromatic N) is 1. The van der Waals surface area contributed by atoms with Crippen molar-refractivity contribution in [1.82, 2.24) is 4.90 Å². The molecule has 1 aliphatic rings. The molecule has 72 valence electrons. The first-order valence-electron chi connectivity index (χ1n) is 3.84. The summed E-state index contributed by atoms with van der Waals surface area (Å²) in [6.07, 6.45) is -0.0447. The van der Waals surface area contributed by atoms with Crippen LogP contribution in [0.1, 0.15) is 13.3 Å². The molecule has 0 aromatic rings. The van der Waals surface area contributed by atoms with Crippen molar-refractivity contribution in [2.75, 3.05) is 13.1 Å². The van der Waals surface area contributed by atoms with Crippen molar-refractivity contribution < 1.29 is 9.90 Å². The van der Waals surface area contributed by atoms with Gasteiger partial charge in [-0.1, -0.05) is 6.92 Å². The third-order valence-electron chi connectivity index (χ3n) is 2.24. The molecular weight excluding hydrogens is 180 g/mol. The molecule has 1 fully saturated rings. The number of piperidine rings is 1. The van der Waals surface area contributed by atoms with Gasteiger partial charge in [0.25, 0.3) is 0 Å². The van der Waals surface area contributed by atoms with E-state index in [0.717, 1.165) is 6.42 Å². The summed E-state index contributed by atoms with van der Waals surface area (Å²) in [5.41, 5.74) is 5.72. The van der Waals surface area contributed by atoms with Crippen LogP contribution in [-0.4, -0.2) is 35.2 Å². The fraction of sp³-hybridized carbons (Fsp3) is 0.857. The summed E-state index contributed by atoms with van der Waals surface area (Å²) in [4.78, 5) is 11.9. The average molecular weight is 195 g/mol. The van der Waals surface area contributed by atoms with Crippen molar-refractivity contribution in [3.8, 4) is 0 Å². The monoisotopic (exact) mass is 194 g/mol. The molecule has 0 radical (unpaired) electrons. The van der Waals surface area contributed by atoms with Crippen molar-refractivity contribution in [1.29, 1.82) is 0 Å². The highest BCUT2D eigenvalue weighted by Crippen LogP contribution is 2.14. The molecule has 2 atom stereocenters. The highest BCUT2D eigenvalue weighted by molar-refractivity contribution is 5.85. The molecule has 0 aromatic carbocycles. The number of hydrogen-bond donors (Lipinski definition) is 2. The van der Waals surface area contributed by atoms with Crippen LogP contribution < -0.4 is 5.73 Å². The van der Waals surface area contributed by atoms with E-state index in [-0.39, 0.29) is 18.4 Å². The van der Waals surface area contributed by atoms with Gasteiger partial charge in [-0.15, -0.1) is 12.4 Å². The molecule has 1 aliphatic heterocycles. The van der Waals surface area contributed by atoms with Crippen molar-refractivity contribution >= 4 is 18.5 Å². The Hall–Kier alpha value is -0.480. The first-order valence-corrected chi connectivity index (χ1v) is 3.84. The Morgan fingerprint density at radius 3 is 2.67 bits per heavy atom. The van der Waals surface area contributed by atoms with Gasteiger partial charge in [0.15, 0.2) is 0 Å². The lowest BCUT2D eigenvalue weighted by atomic mass is 9.95. The molecule has 12 heavy (non-hydrogen) atoms. The van der Waals surface area contributed by atoms with E-state index < -0.39 is 6.09 Å². The second-order valence-electron chi connectivity index (χ2n) is 3.16. The van der Waals surface area contributed by atoms with Gasteiger partial charge in [0.05, 0.1) is 0 Å². The van der Waals surface area contributed by atoms with Crippen LogP contribution in [-0.2, 0) is 0 Å². The van der Waals surface area contributed by atoms with Crippen molar-refractivity contribution in [3.63, 3.8) is 0 Å². The molecule has 0 unspecified atom stereocenters. The maximum atomic E-state index is 10.5. The van der Waals surface area contributed by atoms with Crippen LogP contribution in [0.15, 0.2) is 0 Å². The van der Waals surface area contributed by atoms with E-state index in [1.165, 1.54) is 4.90 Å². The van der Waals surface area contributed by atoms with Crippen LogP contribution in [0.25, 0.3) is 0 Å². The van der Waals surface area contributed by atoms with Gasteiger partial charge in [-0.25, -0.2) is 4.79 Å². The molecule has 4 nitrogen and oxygen atoms in total. The Balaban J connectivity index is 0.00000121. The molecule has 3 N–H and O–H groups in total. The molecule has 0 spiro atoms. The van der Waals surface area contributed by atoms with Crippen LogP contribution in [0.4, 0.5) is 4.79 Å². The number of carbonyl (C=O) groups is 1. The lowest BCUT2D eigenvalue weighted by molar-refractivity contribution is 0.117. The van der Waals surface area contributed by atoms with Crippen LogP contribution in [0, 0.1) is 5.92 Å². The number of halogens is 1. The number of likely N-dealkylation sites (tertiary alicyclic amines) is 1. The molecule has 0 saturated carbocycles. The van der Waals surface area contributed by atoms with Crippen LogP contribution in [0.5, 0.6) is 0 Å². The Kier molecular flexibility index (Phi) is 4.34. The molecule has 5 heteroatoms. The number of nitrogens with two attached hydrogens (primary N) is 1. The SMILES string of the molecule is C[C@@H]1CN(C(=O)O)CC[C@H]1N.Cl. The Bertz CT molecular complexity index is 165. The second kappa shape index (κ2) is 4.52. The topological polar surface area (TPSA) is 66.6 Å². The Morgan fingerprint density at radius 2 is 2.25 bits per heavy atom. The Morgan fingerprint density at radius 1 is 1.67 bits per heavy atom. The quantitative estimate of drug-likeness (QED) is 0.598. The summed E-state index contributed by atoms with van der Waals surface area (Å²) in [6.45, 7) is 3.15. The normalized spacial score (nSPS) is 29.3. The molecule has 1 rings (SSSR count). The van der Waals surface area contributed by atoms with Crippen LogP contribution in [0.3, 0.4) is 0 Å². The first-order chi connectivity index (χ1) is 5.11. The van der Waals surface area contributed by atoms with Gasteiger partial charge in [0.1, 0.15) is 0 Å². The van der Waals surface area contributed by atoms with Crippen LogP contribution in [0.2, 0.25) is 0 Å². The third kappa shape index (κ3) is 2.53. The molecular formula is C7H15ClN2O2. The third-order valence-corrected chi connectivity index (χ3v) is 2.24. The van der Waals surface area contributed by atoms with Gasteiger partial charge in [-0.2, -0.15) is 0 Å². The molecule has 0 aliphatic carbocycles. The average Bonchev–Trinajstić information content (AvgIpc) is 1.94. The largest absolute Gasteiger partial charge is 0.465 e.